The van der Waals surface area contributed by atoms with E-state index in [0.717, 1.165) is 17.1 Å². The zero-order chi connectivity index (χ0) is 38.4. The number of nitrogens with zero attached hydrogens (tertiary/aromatic N) is 1. The minimum absolute atomic E-state index is 1.11. The highest BCUT2D eigenvalue weighted by atomic mass is 32.1. The van der Waals surface area contributed by atoms with Gasteiger partial charge in [-0.15, -0.1) is 11.3 Å². The van der Waals surface area contributed by atoms with Crippen molar-refractivity contribution in [3.8, 4) is 44.5 Å². The summed E-state index contributed by atoms with van der Waals surface area (Å²) in [5.41, 5.74) is 12.9. The molecule has 58 heavy (non-hydrogen) atoms. The van der Waals surface area contributed by atoms with E-state index in [4.69, 9.17) is 0 Å². The van der Waals surface area contributed by atoms with Crippen molar-refractivity contribution in [2.45, 2.75) is 0 Å². The number of anilines is 3. The van der Waals surface area contributed by atoms with E-state index < -0.39 is 0 Å². The van der Waals surface area contributed by atoms with Gasteiger partial charge in [-0.25, -0.2) is 0 Å². The van der Waals surface area contributed by atoms with Gasteiger partial charge < -0.3 is 4.90 Å². The molecule has 0 amide bonds. The summed E-state index contributed by atoms with van der Waals surface area (Å²) in [5.74, 6) is 0. The van der Waals surface area contributed by atoms with E-state index >= 15 is 0 Å². The van der Waals surface area contributed by atoms with Gasteiger partial charge in [0.15, 0.2) is 0 Å². The van der Waals surface area contributed by atoms with E-state index in [1.807, 2.05) is 11.3 Å². The Hall–Kier alpha value is -7.26. The predicted octanol–water partition coefficient (Wildman–Crippen LogP) is 16.5. The van der Waals surface area contributed by atoms with E-state index in [0.29, 0.717) is 0 Å². The summed E-state index contributed by atoms with van der Waals surface area (Å²) >= 11 is 1.86. The quantitative estimate of drug-likeness (QED) is 0.146. The molecule has 0 aliphatic heterocycles. The fourth-order valence-electron chi connectivity index (χ4n) is 8.46. The molecular weight excluding hydrogens is 719 g/mol. The van der Waals surface area contributed by atoms with Crippen LogP contribution >= 0.6 is 11.3 Å². The first kappa shape index (κ1) is 34.0. The molecule has 0 aliphatic rings. The van der Waals surface area contributed by atoms with Crippen LogP contribution in [0.15, 0.2) is 224 Å². The van der Waals surface area contributed by atoms with Gasteiger partial charge in [-0.1, -0.05) is 164 Å². The molecule has 0 N–H and O–H groups in total. The highest BCUT2D eigenvalue weighted by molar-refractivity contribution is 7.25. The second-order valence-corrected chi connectivity index (χ2v) is 16.0. The molecule has 11 rings (SSSR count). The van der Waals surface area contributed by atoms with Crippen LogP contribution < -0.4 is 4.90 Å². The second kappa shape index (κ2) is 14.4. The molecular formula is C56H37NS. The minimum atomic E-state index is 1.11. The van der Waals surface area contributed by atoms with Gasteiger partial charge in [0.25, 0.3) is 0 Å². The summed E-state index contributed by atoms with van der Waals surface area (Å²) in [6, 6.07) is 81.9. The van der Waals surface area contributed by atoms with Crippen LogP contribution in [0.2, 0.25) is 0 Å². The van der Waals surface area contributed by atoms with Gasteiger partial charge in [0.1, 0.15) is 0 Å². The van der Waals surface area contributed by atoms with Gasteiger partial charge in [-0.3, -0.25) is 0 Å². The first-order valence-corrected chi connectivity index (χ1v) is 20.6. The Bertz CT molecular complexity index is 3250. The molecule has 0 bridgehead atoms. The molecule has 10 aromatic carbocycles. The number of fused-ring (bicyclic) bond motifs is 6. The molecule has 1 nitrogen and oxygen atoms in total. The Balaban J connectivity index is 0.939. The normalized spacial score (nSPS) is 11.4. The number of benzene rings is 10. The molecule has 2 heteroatoms. The summed E-state index contributed by atoms with van der Waals surface area (Å²) < 4.78 is 2.65. The lowest BCUT2D eigenvalue weighted by molar-refractivity contribution is 1.28. The van der Waals surface area contributed by atoms with Crippen LogP contribution in [0, 0.1) is 0 Å². The van der Waals surface area contributed by atoms with Crippen molar-refractivity contribution >= 4 is 70.1 Å². The van der Waals surface area contributed by atoms with Crippen LogP contribution in [0.25, 0.3) is 86.2 Å². The van der Waals surface area contributed by atoms with Gasteiger partial charge in [-0.05, 0) is 127 Å². The summed E-state index contributed by atoms with van der Waals surface area (Å²) in [4.78, 5) is 2.37. The van der Waals surface area contributed by atoms with Crippen LogP contribution in [-0.2, 0) is 0 Å². The SMILES string of the molecule is c1ccc(-c2ccc(N(c3ccc(-c4ccc5sc6ccccc6c5c4)cc3)c3cccc(-c4ccc(-c5ccc6c(ccc7ccccc76)c5)cc4)c3)cc2)cc1. The van der Waals surface area contributed by atoms with Crippen LogP contribution in [0.5, 0.6) is 0 Å². The smallest absolute Gasteiger partial charge is 0.0467 e. The Morgan fingerprint density at radius 2 is 0.724 bits per heavy atom. The summed E-state index contributed by atoms with van der Waals surface area (Å²) in [6.07, 6.45) is 0. The molecule has 0 saturated carbocycles. The van der Waals surface area contributed by atoms with E-state index in [9.17, 15) is 0 Å². The number of thiophene rings is 1. The van der Waals surface area contributed by atoms with Crippen molar-refractivity contribution < 1.29 is 0 Å². The fraction of sp³-hybridized carbons (Fsp3) is 0. The molecule has 11 aromatic rings. The maximum absolute atomic E-state index is 2.37. The maximum Gasteiger partial charge on any atom is 0.0467 e. The second-order valence-electron chi connectivity index (χ2n) is 15.0. The molecule has 272 valence electrons. The van der Waals surface area contributed by atoms with Crippen molar-refractivity contribution in [1.29, 1.82) is 0 Å². The zero-order valence-electron chi connectivity index (χ0n) is 31.7. The van der Waals surface area contributed by atoms with Crippen molar-refractivity contribution in [3.05, 3.63) is 224 Å². The number of rotatable bonds is 7. The standard InChI is InChI=1S/C56H37NS/c1-2-9-38(10-3-1)39-23-29-48(30-24-39)57(49-31-25-42(26-32-49)46-28-34-56-54(37-46)53-15-6-7-16-55(53)58-56)50-13-8-12-44(36-50)40-17-19-41(20-18-40)45-27-33-52-47(35-45)22-21-43-11-4-5-14-51(43)52/h1-37H. The van der Waals surface area contributed by atoms with Gasteiger partial charge in [0.2, 0.25) is 0 Å². The maximum atomic E-state index is 2.37. The zero-order valence-corrected chi connectivity index (χ0v) is 32.5. The van der Waals surface area contributed by atoms with Crippen molar-refractivity contribution in [3.63, 3.8) is 0 Å². The van der Waals surface area contributed by atoms with E-state index in [1.165, 1.54) is 86.2 Å². The number of hydrogen-bond donors (Lipinski definition) is 0. The third-order valence-electron chi connectivity index (χ3n) is 11.5. The number of hydrogen-bond acceptors (Lipinski definition) is 2. The average molecular weight is 756 g/mol. The molecule has 0 saturated heterocycles. The molecule has 0 unspecified atom stereocenters. The van der Waals surface area contributed by atoms with Crippen LogP contribution in [-0.4, -0.2) is 0 Å². The highest BCUT2D eigenvalue weighted by Crippen LogP contribution is 2.40. The Labute approximate surface area is 342 Å². The predicted molar refractivity (Wildman–Crippen MR) is 251 cm³/mol. The molecule has 1 aromatic heterocycles. The minimum Gasteiger partial charge on any atom is -0.310 e. The topological polar surface area (TPSA) is 3.24 Å². The molecule has 1 heterocycles. The Kier molecular flexibility index (Phi) is 8.42. The summed E-state index contributed by atoms with van der Waals surface area (Å²) in [6.45, 7) is 0. The van der Waals surface area contributed by atoms with Crippen LogP contribution in [0.1, 0.15) is 0 Å². The Morgan fingerprint density at radius 1 is 0.241 bits per heavy atom. The molecule has 0 aliphatic carbocycles. The summed E-state index contributed by atoms with van der Waals surface area (Å²) in [5, 5.41) is 7.76. The van der Waals surface area contributed by atoms with Gasteiger partial charge in [0, 0.05) is 37.2 Å². The highest BCUT2D eigenvalue weighted by Gasteiger charge is 2.15. The lowest BCUT2D eigenvalue weighted by Gasteiger charge is -2.26. The first-order valence-electron chi connectivity index (χ1n) is 19.8. The largest absolute Gasteiger partial charge is 0.310 e. The van der Waals surface area contributed by atoms with Crippen LogP contribution in [0.4, 0.5) is 17.1 Å². The van der Waals surface area contributed by atoms with E-state index in [2.05, 4.69) is 229 Å². The van der Waals surface area contributed by atoms with E-state index in [-0.39, 0.29) is 0 Å². The third-order valence-corrected chi connectivity index (χ3v) is 12.6. The monoisotopic (exact) mass is 755 g/mol. The van der Waals surface area contributed by atoms with Gasteiger partial charge in [-0.2, -0.15) is 0 Å². The lowest BCUT2D eigenvalue weighted by Crippen LogP contribution is -2.10. The fourth-order valence-corrected chi connectivity index (χ4v) is 9.55. The Morgan fingerprint density at radius 3 is 1.47 bits per heavy atom. The van der Waals surface area contributed by atoms with Crippen molar-refractivity contribution in [1.82, 2.24) is 0 Å². The van der Waals surface area contributed by atoms with Crippen molar-refractivity contribution in [2.75, 3.05) is 4.90 Å². The third kappa shape index (κ3) is 6.21. The lowest BCUT2D eigenvalue weighted by atomic mass is 9.96. The average Bonchev–Trinajstić information content (AvgIpc) is 3.68. The van der Waals surface area contributed by atoms with Crippen molar-refractivity contribution in [2.24, 2.45) is 0 Å². The molecule has 0 spiro atoms. The van der Waals surface area contributed by atoms with Gasteiger partial charge in [0.05, 0.1) is 0 Å². The van der Waals surface area contributed by atoms with Crippen LogP contribution in [0.3, 0.4) is 0 Å². The molecule has 0 fully saturated rings. The molecule has 0 radical (unpaired) electrons. The first-order chi connectivity index (χ1) is 28.7. The van der Waals surface area contributed by atoms with E-state index in [1.54, 1.807) is 0 Å². The van der Waals surface area contributed by atoms with Gasteiger partial charge >= 0.3 is 0 Å². The summed E-state index contributed by atoms with van der Waals surface area (Å²) in [7, 11) is 0. The molecule has 0 atom stereocenters.